The summed E-state index contributed by atoms with van der Waals surface area (Å²) < 4.78 is 0. The van der Waals surface area contributed by atoms with Gasteiger partial charge in [-0.05, 0) is 19.3 Å². The van der Waals surface area contributed by atoms with Crippen molar-refractivity contribution in [2.75, 3.05) is 26.2 Å². The fourth-order valence-corrected chi connectivity index (χ4v) is 3.00. The molecule has 82 valence electrons. The van der Waals surface area contributed by atoms with Gasteiger partial charge >= 0.3 is 0 Å². The van der Waals surface area contributed by atoms with E-state index in [-0.39, 0.29) is 0 Å². The molecule has 2 nitrogen and oxygen atoms in total. The molecule has 1 saturated carbocycles. The molecule has 2 rings (SSSR count). The average molecular weight is 196 g/mol. The van der Waals surface area contributed by atoms with Gasteiger partial charge in [0.1, 0.15) is 0 Å². The summed E-state index contributed by atoms with van der Waals surface area (Å²) >= 11 is 0. The third kappa shape index (κ3) is 2.71. The molecular formula is C12H24N2. The van der Waals surface area contributed by atoms with Crippen molar-refractivity contribution in [2.24, 2.45) is 5.92 Å². The van der Waals surface area contributed by atoms with Gasteiger partial charge in [-0.2, -0.15) is 0 Å². The molecule has 1 atom stereocenters. The van der Waals surface area contributed by atoms with Crippen molar-refractivity contribution in [3.05, 3.63) is 0 Å². The van der Waals surface area contributed by atoms with Crippen LogP contribution in [-0.2, 0) is 0 Å². The van der Waals surface area contributed by atoms with Gasteiger partial charge in [0.25, 0.3) is 0 Å². The first-order chi connectivity index (χ1) is 6.86. The highest BCUT2D eigenvalue weighted by atomic mass is 15.2. The Morgan fingerprint density at radius 3 is 2.50 bits per heavy atom. The van der Waals surface area contributed by atoms with E-state index in [0.717, 1.165) is 12.0 Å². The second-order valence-corrected chi connectivity index (χ2v) is 5.02. The van der Waals surface area contributed by atoms with E-state index in [0.29, 0.717) is 0 Å². The van der Waals surface area contributed by atoms with Crippen LogP contribution >= 0.6 is 0 Å². The molecule has 1 aliphatic heterocycles. The molecule has 1 heterocycles. The van der Waals surface area contributed by atoms with E-state index in [1.165, 1.54) is 58.3 Å². The van der Waals surface area contributed by atoms with Gasteiger partial charge in [0, 0.05) is 32.2 Å². The molecule has 1 N–H and O–H groups in total. The van der Waals surface area contributed by atoms with Crippen LogP contribution in [0.5, 0.6) is 0 Å². The lowest BCUT2D eigenvalue weighted by Crippen LogP contribution is -2.47. The zero-order valence-electron chi connectivity index (χ0n) is 9.47. The fourth-order valence-electron chi connectivity index (χ4n) is 3.00. The zero-order chi connectivity index (χ0) is 9.80. The van der Waals surface area contributed by atoms with Crippen LogP contribution < -0.4 is 5.32 Å². The Bertz CT molecular complexity index is 158. The van der Waals surface area contributed by atoms with E-state index in [9.17, 15) is 0 Å². The lowest BCUT2D eigenvalue weighted by molar-refractivity contribution is 0.161. The number of hydrogen-bond donors (Lipinski definition) is 1. The summed E-state index contributed by atoms with van der Waals surface area (Å²) in [7, 11) is 0. The minimum Gasteiger partial charge on any atom is -0.314 e. The normalized spacial score (nSPS) is 28.1. The largest absolute Gasteiger partial charge is 0.314 e. The first-order valence-corrected chi connectivity index (χ1v) is 6.31. The van der Waals surface area contributed by atoms with Crippen LogP contribution in [0, 0.1) is 5.92 Å². The predicted molar refractivity (Wildman–Crippen MR) is 60.5 cm³/mol. The lowest BCUT2D eigenvalue weighted by atomic mass is 9.98. The van der Waals surface area contributed by atoms with Crippen molar-refractivity contribution in [3.63, 3.8) is 0 Å². The molecule has 0 radical (unpaired) electrons. The summed E-state index contributed by atoms with van der Waals surface area (Å²) in [5.41, 5.74) is 0. The number of nitrogens with one attached hydrogen (secondary N) is 1. The van der Waals surface area contributed by atoms with E-state index >= 15 is 0 Å². The molecule has 1 saturated heterocycles. The van der Waals surface area contributed by atoms with Gasteiger partial charge in [-0.1, -0.05) is 25.7 Å². The van der Waals surface area contributed by atoms with Gasteiger partial charge in [0.15, 0.2) is 0 Å². The molecule has 0 amide bonds. The molecule has 0 bridgehead atoms. The van der Waals surface area contributed by atoms with E-state index in [1.807, 2.05) is 0 Å². The van der Waals surface area contributed by atoms with Gasteiger partial charge in [0.2, 0.25) is 0 Å². The first kappa shape index (κ1) is 10.4. The molecule has 1 unspecified atom stereocenters. The van der Waals surface area contributed by atoms with Crippen LogP contribution in [0.4, 0.5) is 0 Å². The molecule has 0 spiro atoms. The van der Waals surface area contributed by atoms with Crippen molar-refractivity contribution in [1.82, 2.24) is 10.2 Å². The third-order valence-corrected chi connectivity index (χ3v) is 3.92. The van der Waals surface area contributed by atoms with Crippen molar-refractivity contribution in [1.29, 1.82) is 0 Å². The fraction of sp³-hybridized carbons (Fsp3) is 1.00. The molecule has 0 aromatic rings. The topological polar surface area (TPSA) is 15.3 Å². The van der Waals surface area contributed by atoms with Crippen LogP contribution in [0.3, 0.4) is 0 Å². The van der Waals surface area contributed by atoms with Crippen LogP contribution in [-0.4, -0.2) is 37.1 Å². The van der Waals surface area contributed by atoms with Crippen molar-refractivity contribution >= 4 is 0 Å². The summed E-state index contributed by atoms with van der Waals surface area (Å²) in [5.74, 6) is 1.04. The maximum Gasteiger partial charge on any atom is 0.0110 e. The van der Waals surface area contributed by atoms with Gasteiger partial charge < -0.3 is 5.32 Å². The van der Waals surface area contributed by atoms with Crippen molar-refractivity contribution < 1.29 is 0 Å². The van der Waals surface area contributed by atoms with Crippen LogP contribution in [0.1, 0.15) is 39.0 Å². The number of rotatable bonds is 3. The minimum atomic E-state index is 0.820. The SMILES string of the molecule is CC(CC1CCCC1)N1CCNCC1. The monoisotopic (exact) mass is 196 g/mol. The van der Waals surface area contributed by atoms with Gasteiger partial charge in [-0.25, -0.2) is 0 Å². The van der Waals surface area contributed by atoms with Gasteiger partial charge in [0.05, 0.1) is 0 Å². The average Bonchev–Trinajstić information content (AvgIpc) is 2.72. The van der Waals surface area contributed by atoms with Crippen LogP contribution in [0.15, 0.2) is 0 Å². The highest BCUT2D eigenvalue weighted by Gasteiger charge is 2.22. The molecule has 1 aliphatic carbocycles. The maximum absolute atomic E-state index is 3.42. The lowest BCUT2D eigenvalue weighted by Gasteiger charge is -2.34. The van der Waals surface area contributed by atoms with Crippen LogP contribution in [0.25, 0.3) is 0 Å². The van der Waals surface area contributed by atoms with E-state index < -0.39 is 0 Å². The maximum atomic E-state index is 3.42. The Balaban J connectivity index is 1.72. The molecule has 14 heavy (non-hydrogen) atoms. The van der Waals surface area contributed by atoms with Gasteiger partial charge in [-0.3, -0.25) is 4.90 Å². The Labute approximate surface area is 88.1 Å². The van der Waals surface area contributed by atoms with Gasteiger partial charge in [-0.15, -0.1) is 0 Å². The molecule has 2 aliphatic rings. The van der Waals surface area contributed by atoms with E-state index in [2.05, 4.69) is 17.1 Å². The summed E-state index contributed by atoms with van der Waals surface area (Å²) in [5, 5.41) is 3.42. The summed E-state index contributed by atoms with van der Waals surface area (Å²) in [6.45, 7) is 7.31. The molecule has 2 fully saturated rings. The second kappa shape index (κ2) is 5.13. The number of piperazine rings is 1. The Kier molecular flexibility index (Phi) is 3.82. The van der Waals surface area contributed by atoms with E-state index in [1.54, 1.807) is 0 Å². The third-order valence-electron chi connectivity index (χ3n) is 3.92. The number of nitrogens with zero attached hydrogens (tertiary/aromatic N) is 1. The predicted octanol–water partition coefficient (Wildman–Crippen LogP) is 1.86. The van der Waals surface area contributed by atoms with Crippen molar-refractivity contribution in [2.45, 2.75) is 45.1 Å². The summed E-state index contributed by atoms with van der Waals surface area (Å²) in [6, 6.07) is 0.820. The zero-order valence-corrected chi connectivity index (χ0v) is 9.47. The molecule has 0 aromatic heterocycles. The quantitative estimate of drug-likeness (QED) is 0.741. The Morgan fingerprint density at radius 1 is 1.21 bits per heavy atom. The second-order valence-electron chi connectivity index (χ2n) is 5.02. The first-order valence-electron chi connectivity index (χ1n) is 6.31. The Hall–Kier alpha value is -0.0800. The molecule has 2 heteroatoms. The molecular weight excluding hydrogens is 172 g/mol. The standard InChI is InChI=1S/C12H24N2/c1-11(10-12-4-2-3-5-12)14-8-6-13-7-9-14/h11-13H,2-10H2,1H3. The molecule has 0 aromatic carbocycles. The van der Waals surface area contributed by atoms with E-state index in [4.69, 9.17) is 0 Å². The van der Waals surface area contributed by atoms with Crippen molar-refractivity contribution in [3.8, 4) is 0 Å². The Morgan fingerprint density at radius 2 is 1.86 bits per heavy atom. The minimum absolute atomic E-state index is 0.820. The highest BCUT2D eigenvalue weighted by molar-refractivity contribution is 4.78. The highest BCUT2D eigenvalue weighted by Crippen LogP contribution is 2.29. The summed E-state index contributed by atoms with van der Waals surface area (Å²) in [6.07, 6.45) is 7.41. The summed E-state index contributed by atoms with van der Waals surface area (Å²) in [4.78, 5) is 2.66. The van der Waals surface area contributed by atoms with Crippen LogP contribution in [0.2, 0.25) is 0 Å². The smallest absolute Gasteiger partial charge is 0.0110 e. The number of hydrogen-bond acceptors (Lipinski definition) is 2.